The predicted octanol–water partition coefficient (Wildman–Crippen LogP) is 2.93. The van der Waals surface area contributed by atoms with Gasteiger partial charge in [0.2, 0.25) is 0 Å². The van der Waals surface area contributed by atoms with E-state index in [1.165, 1.54) is 12.0 Å². The Bertz CT molecular complexity index is 335. The van der Waals surface area contributed by atoms with E-state index in [2.05, 4.69) is 55.0 Å². The average molecular weight is 263 g/mol. The van der Waals surface area contributed by atoms with Gasteiger partial charge in [-0.25, -0.2) is 0 Å². The lowest BCUT2D eigenvalue weighted by molar-refractivity contribution is 0.174. The lowest BCUT2D eigenvalue weighted by atomic mass is 9.92. The molecule has 3 nitrogen and oxygen atoms in total. The zero-order valence-electron chi connectivity index (χ0n) is 12.9. The van der Waals surface area contributed by atoms with E-state index in [9.17, 15) is 0 Å². The van der Waals surface area contributed by atoms with Crippen LogP contribution in [0.2, 0.25) is 0 Å². The summed E-state index contributed by atoms with van der Waals surface area (Å²) in [5.41, 5.74) is 1.65. The Hall–Kier alpha value is -0.930. The number of aromatic nitrogens is 1. The summed E-state index contributed by atoms with van der Waals surface area (Å²) in [5.74, 6) is 0. The molecule has 1 rings (SSSR count). The van der Waals surface area contributed by atoms with E-state index in [0.29, 0.717) is 5.41 Å². The van der Waals surface area contributed by atoms with Crippen molar-refractivity contribution in [1.82, 2.24) is 15.2 Å². The van der Waals surface area contributed by atoms with Crippen LogP contribution in [0.25, 0.3) is 0 Å². The van der Waals surface area contributed by atoms with Crippen molar-refractivity contribution < 1.29 is 0 Å². The molecule has 0 atom stereocenters. The molecule has 0 aliphatic heterocycles. The van der Waals surface area contributed by atoms with E-state index >= 15 is 0 Å². The molecule has 0 unspecified atom stereocenters. The number of rotatable bonds is 9. The van der Waals surface area contributed by atoms with E-state index < -0.39 is 0 Å². The van der Waals surface area contributed by atoms with Gasteiger partial charge in [0.15, 0.2) is 0 Å². The number of pyridine rings is 1. The fourth-order valence-corrected chi connectivity index (χ4v) is 2.29. The highest BCUT2D eigenvalue weighted by Gasteiger charge is 2.20. The van der Waals surface area contributed by atoms with Crippen LogP contribution in [0.5, 0.6) is 0 Å². The Morgan fingerprint density at radius 3 is 2.47 bits per heavy atom. The van der Waals surface area contributed by atoms with Crippen LogP contribution < -0.4 is 5.32 Å². The van der Waals surface area contributed by atoms with E-state index in [1.807, 2.05) is 12.4 Å². The van der Waals surface area contributed by atoms with Crippen molar-refractivity contribution in [3.05, 3.63) is 30.1 Å². The number of hydrogen-bond donors (Lipinski definition) is 1. The van der Waals surface area contributed by atoms with Crippen molar-refractivity contribution in [3.63, 3.8) is 0 Å². The summed E-state index contributed by atoms with van der Waals surface area (Å²) in [5, 5.41) is 3.53. The molecule has 1 aromatic rings. The second-order valence-corrected chi connectivity index (χ2v) is 6.00. The largest absolute Gasteiger partial charge is 0.316 e. The summed E-state index contributed by atoms with van der Waals surface area (Å²) in [7, 11) is 0. The second kappa shape index (κ2) is 8.28. The molecule has 0 saturated heterocycles. The molecule has 3 heteroatoms. The number of nitrogens with one attached hydrogen (secondary N) is 1. The minimum Gasteiger partial charge on any atom is -0.316 e. The van der Waals surface area contributed by atoms with Crippen molar-refractivity contribution in [3.8, 4) is 0 Å². The quantitative estimate of drug-likeness (QED) is 0.694. The summed E-state index contributed by atoms with van der Waals surface area (Å²) in [6.45, 7) is 14.5. The van der Waals surface area contributed by atoms with Gasteiger partial charge in [-0.05, 0) is 42.6 Å². The summed E-state index contributed by atoms with van der Waals surface area (Å²) in [4.78, 5) is 6.58. The third kappa shape index (κ3) is 6.69. The van der Waals surface area contributed by atoms with Gasteiger partial charge < -0.3 is 5.32 Å². The third-order valence-electron chi connectivity index (χ3n) is 3.28. The molecule has 108 valence electrons. The Morgan fingerprint density at radius 2 is 1.89 bits per heavy atom. The van der Waals surface area contributed by atoms with Crippen molar-refractivity contribution in [2.24, 2.45) is 5.41 Å². The van der Waals surface area contributed by atoms with E-state index in [1.54, 1.807) is 0 Å². The van der Waals surface area contributed by atoms with Crippen LogP contribution in [0.1, 0.15) is 39.7 Å². The lowest BCUT2D eigenvalue weighted by Gasteiger charge is -2.32. The maximum absolute atomic E-state index is 4.07. The van der Waals surface area contributed by atoms with E-state index in [0.717, 1.165) is 32.7 Å². The van der Waals surface area contributed by atoms with Crippen molar-refractivity contribution in [2.45, 2.75) is 40.7 Å². The van der Waals surface area contributed by atoms with Crippen LogP contribution in [0.15, 0.2) is 24.5 Å². The van der Waals surface area contributed by atoms with Crippen molar-refractivity contribution >= 4 is 0 Å². The first-order valence-electron chi connectivity index (χ1n) is 7.39. The first-order chi connectivity index (χ1) is 9.07. The molecule has 0 fully saturated rings. The monoisotopic (exact) mass is 263 g/mol. The minimum absolute atomic E-state index is 0.304. The zero-order chi connectivity index (χ0) is 14.1. The van der Waals surface area contributed by atoms with E-state index in [4.69, 9.17) is 0 Å². The van der Waals surface area contributed by atoms with Gasteiger partial charge in [0.25, 0.3) is 0 Å². The Balaban J connectivity index is 2.46. The van der Waals surface area contributed by atoms with Gasteiger partial charge in [-0.2, -0.15) is 0 Å². The summed E-state index contributed by atoms with van der Waals surface area (Å²) in [6.07, 6.45) is 4.94. The molecule has 0 aliphatic carbocycles. The SMILES string of the molecule is CCCNCC(C)(C)CN(CC)Cc1ccncc1. The maximum atomic E-state index is 4.07. The number of nitrogens with zero attached hydrogens (tertiary/aromatic N) is 2. The van der Waals surface area contributed by atoms with Crippen LogP contribution in [-0.2, 0) is 6.54 Å². The fourth-order valence-electron chi connectivity index (χ4n) is 2.29. The van der Waals surface area contributed by atoms with E-state index in [-0.39, 0.29) is 0 Å². The van der Waals surface area contributed by atoms with Gasteiger partial charge in [-0.1, -0.05) is 27.7 Å². The normalized spacial score (nSPS) is 12.1. The lowest BCUT2D eigenvalue weighted by Crippen LogP contribution is -2.40. The molecule has 1 aromatic heterocycles. The molecule has 0 aromatic carbocycles. The highest BCUT2D eigenvalue weighted by Crippen LogP contribution is 2.17. The maximum Gasteiger partial charge on any atom is 0.0271 e. The van der Waals surface area contributed by atoms with Crippen molar-refractivity contribution in [2.75, 3.05) is 26.2 Å². The molecule has 0 aliphatic rings. The topological polar surface area (TPSA) is 28.2 Å². The molecule has 0 radical (unpaired) electrons. The Kier molecular flexibility index (Phi) is 7.03. The van der Waals surface area contributed by atoms with Gasteiger partial charge >= 0.3 is 0 Å². The van der Waals surface area contributed by atoms with Crippen LogP contribution >= 0.6 is 0 Å². The van der Waals surface area contributed by atoms with Gasteiger partial charge in [0, 0.05) is 32.0 Å². The number of hydrogen-bond acceptors (Lipinski definition) is 3. The molecule has 0 bridgehead atoms. The molecular weight excluding hydrogens is 234 g/mol. The Morgan fingerprint density at radius 1 is 1.21 bits per heavy atom. The zero-order valence-corrected chi connectivity index (χ0v) is 12.9. The van der Waals surface area contributed by atoms with Gasteiger partial charge in [-0.15, -0.1) is 0 Å². The van der Waals surface area contributed by atoms with Gasteiger partial charge in [0.05, 0.1) is 0 Å². The van der Waals surface area contributed by atoms with Crippen LogP contribution in [0.4, 0.5) is 0 Å². The summed E-state index contributed by atoms with van der Waals surface area (Å²) in [6, 6.07) is 4.20. The molecule has 1 N–H and O–H groups in total. The minimum atomic E-state index is 0.304. The Labute approximate surface area is 118 Å². The third-order valence-corrected chi connectivity index (χ3v) is 3.28. The average Bonchev–Trinajstić information content (AvgIpc) is 2.39. The molecule has 1 heterocycles. The fraction of sp³-hybridized carbons (Fsp3) is 0.688. The van der Waals surface area contributed by atoms with Crippen LogP contribution in [0.3, 0.4) is 0 Å². The van der Waals surface area contributed by atoms with Crippen molar-refractivity contribution in [1.29, 1.82) is 0 Å². The van der Waals surface area contributed by atoms with Crippen LogP contribution in [-0.4, -0.2) is 36.1 Å². The predicted molar refractivity (Wildman–Crippen MR) is 82.1 cm³/mol. The van der Waals surface area contributed by atoms with Gasteiger partial charge in [0.1, 0.15) is 0 Å². The molecule has 0 spiro atoms. The first kappa shape index (κ1) is 16.1. The van der Waals surface area contributed by atoms with Crippen LogP contribution in [0, 0.1) is 5.41 Å². The second-order valence-electron chi connectivity index (χ2n) is 6.00. The highest BCUT2D eigenvalue weighted by molar-refractivity contribution is 5.09. The highest BCUT2D eigenvalue weighted by atomic mass is 15.1. The molecule has 0 amide bonds. The smallest absolute Gasteiger partial charge is 0.0271 e. The van der Waals surface area contributed by atoms with Gasteiger partial charge in [-0.3, -0.25) is 9.88 Å². The molecular formula is C16H29N3. The molecule has 19 heavy (non-hydrogen) atoms. The standard InChI is InChI=1S/C16H29N3/c1-5-9-18-13-16(3,4)14-19(6-2)12-15-7-10-17-11-8-15/h7-8,10-11,18H,5-6,9,12-14H2,1-4H3. The first-order valence-corrected chi connectivity index (χ1v) is 7.39. The summed E-state index contributed by atoms with van der Waals surface area (Å²) >= 11 is 0. The summed E-state index contributed by atoms with van der Waals surface area (Å²) < 4.78 is 0. The molecule has 0 saturated carbocycles.